The van der Waals surface area contributed by atoms with Gasteiger partial charge in [-0.1, -0.05) is 0 Å². The molecule has 0 spiro atoms. The van der Waals surface area contributed by atoms with Crippen molar-refractivity contribution >= 4 is 17.3 Å². The molecular formula is C12H10O5. The molecule has 1 aromatic carbocycles. The number of hydrogen-bond acceptors (Lipinski definition) is 5. The number of carbonyl (C=O) groups excluding carboxylic acids is 2. The van der Waals surface area contributed by atoms with E-state index in [2.05, 4.69) is 0 Å². The van der Waals surface area contributed by atoms with Crippen LogP contribution in [0.3, 0.4) is 0 Å². The zero-order valence-corrected chi connectivity index (χ0v) is 9.31. The van der Waals surface area contributed by atoms with Crippen LogP contribution in [0, 0.1) is 0 Å². The number of benzene rings is 1. The van der Waals surface area contributed by atoms with Crippen LogP contribution in [-0.4, -0.2) is 30.9 Å². The van der Waals surface area contributed by atoms with E-state index in [-0.39, 0.29) is 22.6 Å². The van der Waals surface area contributed by atoms with Crippen molar-refractivity contribution in [1.29, 1.82) is 0 Å². The van der Waals surface area contributed by atoms with Crippen molar-refractivity contribution in [2.45, 2.75) is 0 Å². The summed E-state index contributed by atoms with van der Waals surface area (Å²) in [4.78, 5) is 23.1. The fourth-order valence-corrected chi connectivity index (χ4v) is 1.76. The number of carbonyl (C=O) groups is 2. The number of ketones is 2. The molecule has 1 N–H and O–H groups in total. The second kappa shape index (κ2) is 3.93. The smallest absolute Gasteiger partial charge is 0.237 e. The normalized spacial score (nSPS) is 14.1. The molecule has 0 atom stereocenters. The molecule has 88 valence electrons. The number of hydrogen-bond donors (Lipinski definition) is 1. The number of aliphatic hydroxyl groups excluding tert-OH is 1. The third kappa shape index (κ3) is 1.56. The van der Waals surface area contributed by atoms with E-state index in [9.17, 15) is 14.7 Å². The van der Waals surface area contributed by atoms with E-state index in [1.165, 1.54) is 20.3 Å². The molecule has 1 aromatic rings. The average molecular weight is 234 g/mol. The minimum Gasteiger partial charge on any atom is -0.507 e. The van der Waals surface area contributed by atoms with Crippen LogP contribution in [0.25, 0.3) is 5.76 Å². The summed E-state index contributed by atoms with van der Waals surface area (Å²) in [5, 5.41) is 9.62. The number of methoxy groups -OCH3 is 2. The van der Waals surface area contributed by atoms with E-state index in [4.69, 9.17) is 9.47 Å². The SMILES string of the molecule is COc1ccc2c(c1OC)C(=O)C(=O)C=C2O. The number of aliphatic hydroxyl groups is 1. The summed E-state index contributed by atoms with van der Waals surface area (Å²) >= 11 is 0. The Hall–Kier alpha value is -2.30. The van der Waals surface area contributed by atoms with Gasteiger partial charge in [0, 0.05) is 11.6 Å². The maximum Gasteiger partial charge on any atom is 0.237 e. The number of rotatable bonds is 2. The summed E-state index contributed by atoms with van der Waals surface area (Å²) < 4.78 is 10.1. The lowest BCUT2D eigenvalue weighted by Crippen LogP contribution is -2.20. The number of Topliss-reactive ketones (excluding diaryl/α,β-unsaturated/α-hetero) is 1. The van der Waals surface area contributed by atoms with Crippen LogP contribution in [-0.2, 0) is 4.79 Å². The van der Waals surface area contributed by atoms with Gasteiger partial charge in [-0.25, -0.2) is 0 Å². The lowest BCUT2D eigenvalue weighted by Gasteiger charge is -2.17. The predicted octanol–water partition coefficient (Wildman–Crippen LogP) is 1.37. The molecule has 1 aliphatic carbocycles. The van der Waals surface area contributed by atoms with Gasteiger partial charge in [-0.15, -0.1) is 0 Å². The molecule has 0 saturated heterocycles. The molecule has 5 heteroatoms. The highest BCUT2D eigenvalue weighted by Crippen LogP contribution is 2.37. The Kier molecular flexibility index (Phi) is 2.59. The molecule has 0 radical (unpaired) electrons. The van der Waals surface area contributed by atoms with Gasteiger partial charge >= 0.3 is 0 Å². The van der Waals surface area contributed by atoms with Crippen molar-refractivity contribution in [3.8, 4) is 11.5 Å². The first kappa shape index (κ1) is 11.2. The van der Waals surface area contributed by atoms with Crippen LogP contribution in [0.4, 0.5) is 0 Å². The third-order valence-corrected chi connectivity index (χ3v) is 2.54. The van der Waals surface area contributed by atoms with Crippen LogP contribution in [0.15, 0.2) is 18.2 Å². The van der Waals surface area contributed by atoms with Crippen LogP contribution in [0.5, 0.6) is 11.5 Å². The quantitative estimate of drug-likeness (QED) is 0.782. The monoisotopic (exact) mass is 234 g/mol. The highest BCUT2D eigenvalue weighted by molar-refractivity contribution is 6.51. The molecule has 0 saturated carbocycles. The molecule has 0 bridgehead atoms. The molecule has 0 aromatic heterocycles. The second-order valence-electron chi connectivity index (χ2n) is 3.45. The Morgan fingerprint density at radius 3 is 2.41 bits per heavy atom. The largest absolute Gasteiger partial charge is 0.507 e. The molecule has 0 fully saturated rings. The van der Waals surface area contributed by atoms with Gasteiger partial charge in [0.05, 0.1) is 19.8 Å². The van der Waals surface area contributed by atoms with Crippen LogP contribution >= 0.6 is 0 Å². The number of ether oxygens (including phenoxy) is 2. The number of allylic oxidation sites excluding steroid dienone is 1. The summed E-state index contributed by atoms with van der Waals surface area (Å²) in [6.45, 7) is 0. The lowest BCUT2D eigenvalue weighted by molar-refractivity contribution is -0.111. The van der Waals surface area contributed by atoms with E-state index in [0.29, 0.717) is 5.75 Å². The molecule has 0 heterocycles. The van der Waals surface area contributed by atoms with Gasteiger partial charge in [0.15, 0.2) is 11.5 Å². The Labute approximate surface area is 97.3 Å². The predicted molar refractivity (Wildman–Crippen MR) is 59.5 cm³/mol. The summed E-state index contributed by atoms with van der Waals surface area (Å²) in [6, 6.07) is 3.07. The van der Waals surface area contributed by atoms with E-state index in [0.717, 1.165) is 6.08 Å². The summed E-state index contributed by atoms with van der Waals surface area (Å²) in [5.41, 5.74) is 0.309. The molecule has 0 unspecified atom stereocenters. The average Bonchev–Trinajstić information content (AvgIpc) is 2.34. The van der Waals surface area contributed by atoms with E-state index in [1.54, 1.807) is 6.07 Å². The van der Waals surface area contributed by atoms with Gasteiger partial charge in [-0.3, -0.25) is 9.59 Å². The van der Waals surface area contributed by atoms with Crippen molar-refractivity contribution in [2.75, 3.05) is 14.2 Å². The van der Waals surface area contributed by atoms with Crippen molar-refractivity contribution < 1.29 is 24.2 Å². The van der Waals surface area contributed by atoms with Gasteiger partial charge in [-0.2, -0.15) is 0 Å². The van der Waals surface area contributed by atoms with Crippen molar-refractivity contribution in [2.24, 2.45) is 0 Å². The standard InChI is InChI=1S/C12H10O5/c1-16-9-4-3-6-7(13)5-8(14)11(15)10(6)12(9)17-2/h3-5,13H,1-2H3. The van der Waals surface area contributed by atoms with Crippen molar-refractivity contribution in [1.82, 2.24) is 0 Å². The fourth-order valence-electron chi connectivity index (χ4n) is 1.76. The van der Waals surface area contributed by atoms with Crippen molar-refractivity contribution in [3.63, 3.8) is 0 Å². The molecule has 2 rings (SSSR count). The van der Waals surface area contributed by atoms with Gasteiger partial charge in [0.1, 0.15) is 5.76 Å². The molecule has 1 aliphatic rings. The Balaban J connectivity index is 2.77. The first-order valence-electron chi connectivity index (χ1n) is 4.84. The number of fused-ring (bicyclic) bond motifs is 1. The maximum absolute atomic E-state index is 11.8. The molecular weight excluding hydrogens is 224 g/mol. The molecule has 5 nitrogen and oxygen atoms in total. The fraction of sp³-hybridized carbons (Fsp3) is 0.167. The van der Waals surface area contributed by atoms with E-state index >= 15 is 0 Å². The Morgan fingerprint density at radius 1 is 1.12 bits per heavy atom. The zero-order chi connectivity index (χ0) is 12.6. The maximum atomic E-state index is 11.8. The highest BCUT2D eigenvalue weighted by Gasteiger charge is 2.30. The van der Waals surface area contributed by atoms with Gasteiger partial charge < -0.3 is 14.6 Å². The first-order chi connectivity index (χ1) is 8.10. The second-order valence-corrected chi connectivity index (χ2v) is 3.45. The Bertz CT molecular complexity index is 542. The van der Waals surface area contributed by atoms with Crippen molar-refractivity contribution in [3.05, 3.63) is 29.3 Å². The zero-order valence-electron chi connectivity index (χ0n) is 9.31. The minimum atomic E-state index is -0.776. The van der Waals surface area contributed by atoms with Crippen LogP contribution in [0.1, 0.15) is 15.9 Å². The van der Waals surface area contributed by atoms with Crippen LogP contribution in [0.2, 0.25) is 0 Å². The van der Waals surface area contributed by atoms with Gasteiger partial charge in [0.2, 0.25) is 11.6 Å². The minimum absolute atomic E-state index is 0.0388. The Morgan fingerprint density at radius 2 is 1.82 bits per heavy atom. The summed E-state index contributed by atoms with van der Waals surface area (Å²) in [7, 11) is 2.79. The van der Waals surface area contributed by atoms with Gasteiger partial charge in [-0.05, 0) is 12.1 Å². The van der Waals surface area contributed by atoms with E-state index in [1.807, 2.05) is 0 Å². The topological polar surface area (TPSA) is 72.8 Å². The summed E-state index contributed by atoms with van der Waals surface area (Å²) in [6.07, 6.45) is 0.899. The lowest BCUT2D eigenvalue weighted by atomic mass is 9.92. The summed E-state index contributed by atoms with van der Waals surface area (Å²) in [5.74, 6) is -1.24. The molecule has 0 aliphatic heterocycles. The van der Waals surface area contributed by atoms with Crippen LogP contribution < -0.4 is 9.47 Å². The van der Waals surface area contributed by atoms with E-state index < -0.39 is 11.6 Å². The first-order valence-corrected chi connectivity index (χ1v) is 4.84. The third-order valence-electron chi connectivity index (χ3n) is 2.54. The van der Waals surface area contributed by atoms with Gasteiger partial charge in [0.25, 0.3) is 0 Å². The molecule has 17 heavy (non-hydrogen) atoms. The highest BCUT2D eigenvalue weighted by atomic mass is 16.5. The molecule has 0 amide bonds.